The molecule has 1 aliphatic carbocycles. The van der Waals surface area contributed by atoms with Crippen LogP contribution in [0.3, 0.4) is 0 Å². The largest absolute Gasteiger partial charge is 0.497 e. The molecule has 2 aromatic carbocycles. The number of fused-ring (bicyclic) bond motifs is 1. The molecule has 1 amide bonds. The zero-order valence-electron chi connectivity index (χ0n) is 17.2. The van der Waals surface area contributed by atoms with Gasteiger partial charge in [0, 0.05) is 47.8 Å². The normalized spacial score (nSPS) is 16.0. The lowest BCUT2D eigenvalue weighted by atomic mass is 10.0. The minimum Gasteiger partial charge on any atom is -0.497 e. The molecule has 0 radical (unpaired) electrons. The van der Waals surface area contributed by atoms with Gasteiger partial charge in [-0.2, -0.15) is 0 Å². The third-order valence-electron chi connectivity index (χ3n) is 5.97. The summed E-state index contributed by atoms with van der Waals surface area (Å²) in [6.45, 7) is 1.36. The Morgan fingerprint density at radius 3 is 2.40 bits per heavy atom. The molecule has 2 heterocycles. The van der Waals surface area contributed by atoms with Crippen LogP contribution in [0, 0.1) is 0 Å². The SMILES string of the molecule is COc1ccc(-c2nc(C3CC3)nc3c2CCN(C(=O)c2ccccc2)CC3)cc1. The standard InChI is InChI=1S/C25H25N3O2/c1-30-20-11-9-17(10-12-20)23-21-13-15-28(25(29)19-5-3-2-4-6-19)16-14-22(21)26-24(27-23)18-7-8-18/h2-6,9-12,18H,7-8,13-16H2,1H3. The summed E-state index contributed by atoms with van der Waals surface area (Å²) in [7, 11) is 1.68. The number of ether oxygens (including phenoxy) is 1. The molecule has 5 nitrogen and oxygen atoms in total. The first-order chi connectivity index (χ1) is 14.7. The number of amides is 1. The molecule has 0 atom stereocenters. The van der Waals surface area contributed by atoms with Crippen molar-refractivity contribution in [3.05, 3.63) is 77.2 Å². The van der Waals surface area contributed by atoms with E-state index in [1.807, 2.05) is 47.4 Å². The Bertz CT molecular complexity index is 1060. The molecule has 1 aromatic heterocycles. The van der Waals surface area contributed by atoms with Gasteiger partial charge in [0.1, 0.15) is 11.6 Å². The third-order valence-corrected chi connectivity index (χ3v) is 5.97. The van der Waals surface area contributed by atoms with Crippen LogP contribution in [-0.2, 0) is 12.8 Å². The summed E-state index contributed by atoms with van der Waals surface area (Å²) in [6, 6.07) is 17.6. The van der Waals surface area contributed by atoms with Crippen LogP contribution in [0.2, 0.25) is 0 Å². The van der Waals surface area contributed by atoms with Crippen molar-refractivity contribution >= 4 is 5.91 Å². The molecule has 0 spiro atoms. The highest BCUT2D eigenvalue weighted by Crippen LogP contribution is 2.40. The molecule has 3 aromatic rings. The predicted octanol–water partition coefficient (Wildman–Crippen LogP) is 4.27. The number of rotatable bonds is 4. The van der Waals surface area contributed by atoms with Crippen LogP contribution in [0.25, 0.3) is 11.3 Å². The van der Waals surface area contributed by atoms with Crippen LogP contribution in [0.4, 0.5) is 0 Å². The number of carbonyl (C=O) groups is 1. The fourth-order valence-corrected chi connectivity index (χ4v) is 4.10. The monoisotopic (exact) mass is 399 g/mol. The van der Waals surface area contributed by atoms with Crippen molar-refractivity contribution in [3.8, 4) is 17.0 Å². The van der Waals surface area contributed by atoms with Gasteiger partial charge in [-0.15, -0.1) is 0 Å². The summed E-state index contributed by atoms with van der Waals surface area (Å²) in [6.07, 6.45) is 3.86. The second-order valence-corrected chi connectivity index (χ2v) is 8.02. The Morgan fingerprint density at radius 2 is 1.70 bits per heavy atom. The van der Waals surface area contributed by atoms with Crippen molar-refractivity contribution < 1.29 is 9.53 Å². The van der Waals surface area contributed by atoms with Crippen LogP contribution in [0.5, 0.6) is 5.75 Å². The van der Waals surface area contributed by atoms with Gasteiger partial charge < -0.3 is 9.64 Å². The molecular formula is C25H25N3O2. The van der Waals surface area contributed by atoms with Gasteiger partial charge in [-0.1, -0.05) is 18.2 Å². The van der Waals surface area contributed by atoms with Gasteiger partial charge in [-0.3, -0.25) is 4.79 Å². The van der Waals surface area contributed by atoms with E-state index in [9.17, 15) is 4.79 Å². The first-order valence-electron chi connectivity index (χ1n) is 10.6. The summed E-state index contributed by atoms with van der Waals surface area (Å²) < 4.78 is 5.32. The maximum absolute atomic E-state index is 13.0. The number of hydrogen-bond donors (Lipinski definition) is 0. The minimum absolute atomic E-state index is 0.0878. The Hall–Kier alpha value is -3.21. The molecule has 1 aliphatic heterocycles. The minimum atomic E-state index is 0.0878. The van der Waals surface area contributed by atoms with Gasteiger partial charge in [0.25, 0.3) is 5.91 Å². The van der Waals surface area contributed by atoms with E-state index in [4.69, 9.17) is 14.7 Å². The van der Waals surface area contributed by atoms with E-state index >= 15 is 0 Å². The lowest BCUT2D eigenvalue weighted by Crippen LogP contribution is -2.33. The number of benzene rings is 2. The average Bonchev–Trinajstić information content (AvgIpc) is 3.66. The second kappa shape index (κ2) is 7.90. The van der Waals surface area contributed by atoms with Crippen LogP contribution < -0.4 is 4.74 Å². The molecule has 5 rings (SSSR count). The maximum atomic E-state index is 13.0. The van der Waals surface area contributed by atoms with Gasteiger partial charge in [-0.05, 0) is 55.7 Å². The topological polar surface area (TPSA) is 55.3 Å². The fourth-order valence-electron chi connectivity index (χ4n) is 4.10. The van der Waals surface area contributed by atoms with Gasteiger partial charge in [0.05, 0.1) is 12.8 Å². The van der Waals surface area contributed by atoms with Crippen molar-refractivity contribution in [2.45, 2.75) is 31.6 Å². The first kappa shape index (κ1) is 18.8. The Balaban J connectivity index is 1.48. The highest BCUT2D eigenvalue weighted by Gasteiger charge is 2.30. The molecular weight excluding hydrogens is 374 g/mol. The Morgan fingerprint density at radius 1 is 0.967 bits per heavy atom. The molecule has 0 N–H and O–H groups in total. The fraction of sp³-hybridized carbons (Fsp3) is 0.320. The van der Waals surface area contributed by atoms with Gasteiger partial charge in [0.15, 0.2) is 0 Å². The Kier molecular flexibility index (Phi) is 4.95. The summed E-state index contributed by atoms with van der Waals surface area (Å²) in [5.74, 6) is 2.37. The van der Waals surface area contributed by atoms with E-state index < -0.39 is 0 Å². The lowest BCUT2D eigenvalue weighted by Gasteiger charge is -2.20. The van der Waals surface area contributed by atoms with E-state index in [1.54, 1.807) is 7.11 Å². The predicted molar refractivity (Wildman–Crippen MR) is 116 cm³/mol. The lowest BCUT2D eigenvalue weighted by molar-refractivity contribution is 0.0763. The molecule has 1 fully saturated rings. The number of carbonyl (C=O) groups excluding carboxylic acids is 1. The molecule has 0 bridgehead atoms. The Labute approximate surface area is 176 Å². The van der Waals surface area contributed by atoms with Gasteiger partial charge >= 0.3 is 0 Å². The quantitative estimate of drug-likeness (QED) is 0.657. The van der Waals surface area contributed by atoms with Crippen LogP contribution in [0.1, 0.15) is 46.2 Å². The molecule has 0 saturated heterocycles. The van der Waals surface area contributed by atoms with Crippen LogP contribution in [0.15, 0.2) is 54.6 Å². The van der Waals surface area contributed by atoms with Crippen LogP contribution in [-0.4, -0.2) is 41.0 Å². The number of nitrogens with zero attached hydrogens (tertiary/aromatic N) is 3. The van der Waals surface area contributed by atoms with Crippen molar-refractivity contribution in [3.63, 3.8) is 0 Å². The molecule has 5 heteroatoms. The highest BCUT2D eigenvalue weighted by molar-refractivity contribution is 5.94. The molecule has 152 valence electrons. The molecule has 0 unspecified atom stereocenters. The van der Waals surface area contributed by atoms with Crippen molar-refractivity contribution in [1.29, 1.82) is 0 Å². The summed E-state index contributed by atoms with van der Waals surface area (Å²) in [5, 5.41) is 0. The van der Waals surface area contributed by atoms with Crippen molar-refractivity contribution in [2.75, 3.05) is 20.2 Å². The zero-order chi connectivity index (χ0) is 20.5. The first-order valence-corrected chi connectivity index (χ1v) is 10.6. The highest BCUT2D eigenvalue weighted by atomic mass is 16.5. The molecule has 1 saturated carbocycles. The van der Waals surface area contributed by atoms with E-state index in [0.29, 0.717) is 19.0 Å². The van der Waals surface area contributed by atoms with E-state index in [1.165, 1.54) is 18.4 Å². The number of hydrogen-bond acceptors (Lipinski definition) is 4. The van der Waals surface area contributed by atoms with Gasteiger partial charge in [0.2, 0.25) is 0 Å². The smallest absolute Gasteiger partial charge is 0.253 e. The molecule has 30 heavy (non-hydrogen) atoms. The van der Waals surface area contributed by atoms with E-state index in [-0.39, 0.29) is 5.91 Å². The van der Waals surface area contributed by atoms with Crippen molar-refractivity contribution in [1.82, 2.24) is 14.9 Å². The number of aromatic nitrogens is 2. The summed E-state index contributed by atoms with van der Waals surface area (Å²) in [5.41, 5.74) is 5.11. The summed E-state index contributed by atoms with van der Waals surface area (Å²) in [4.78, 5) is 24.9. The molecule has 2 aliphatic rings. The number of methoxy groups -OCH3 is 1. The average molecular weight is 399 g/mol. The maximum Gasteiger partial charge on any atom is 0.253 e. The van der Waals surface area contributed by atoms with E-state index in [2.05, 4.69) is 12.1 Å². The summed E-state index contributed by atoms with van der Waals surface area (Å²) >= 11 is 0. The van der Waals surface area contributed by atoms with Crippen molar-refractivity contribution in [2.24, 2.45) is 0 Å². The second-order valence-electron chi connectivity index (χ2n) is 8.02. The third kappa shape index (κ3) is 3.67. The zero-order valence-corrected chi connectivity index (χ0v) is 17.2. The van der Waals surface area contributed by atoms with Crippen LogP contribution >= 0.6 is 0 Å². The van der Waals surface area contributed by atoms with E-state index in [0.717, 1.165) is 46.9 Å². The van der Waals surface area contributed by atoms with Gasteiger partial charge in [-0.25, -0.2) is 9.97 Å².